The van der Waals surface area contributed by atoms with Gasteiger partial charge in [0.2, 0.25) is 0 Å². The summed E-state index contributed by atoms with van der Waals surface area (Å²) in [5, 5.41) is 0. The molecular formula is C18H36Ni. The van der Waals surface area contributed by atoms with E-state index in [2.05, 4.69) is 26.0 Å². The topological polar surface area (TPSA) is 0 Å². The summed E-state index contributed by atoms with van der Waals surface area (Å²) in [6.07, 6.45) is 24.4. The molecule has 0 N–H and O–H groups in total. The molecule has 0 rings (SSSR count). The second kappa shape index (κ2) is 20.5. The van der Waals surface area contributed by atoms with Crippen LogP contribution in [-0.4, -0.2) is 0 Å². The van der Waals surface area contributed by atoms with E-state index >= 15 is 0 Å². The monoisotopic (exact) mass is 310 g/mol. The summed E-state index contributed by atoms with van der Waals surface area (Å²) < 4.78 is 0. The van der Waals surface area contributed by atoms with E-state index in [0.29, 0.717) is 0 Å². The van der Waals surface area contributed by atoms with Crippen LogP contribution in [0.3, 0.4) is 0 Å². The van der Waals surface area contributed by atoms with E-state index in [4.69, 9.17) is 0 Å². The van der Waals surface area contributed by atoms with Crippen molar-refractivity contribution in [2.45, 2.75) is 104 Å². The number of hydrogen-bond acceptors (Lipinski definition) is 0. The molecule has 0 fully saturated rings. The Morgan fingerprint density at radius 3 is 1.16 bits per heavy atom. The molecule has 0 spiro atoms. The van der Waals surface area contributed by atoms with Crippen molar-refractivity contribution in [2.75, 3.05) is 0 Å². The maximum absolute atomic E-state index is 2.41. The van der Waals surface area contributed by atoms with Crippen LogP contribution in [0.2, 0.25) is 0 Å². The van der Waals surface area contributed by atoms with Crippen molar-refractivity contribution in [1.82, 2.24) is 0 Å². The first-order valence-electron chi connectivity index (χ1n) is 8.56. The Bertz CT molecular complexity index is 145. The van der Waals surface area contributed by atoms with Crippen molar-refractivity contribution in [3.05, 3.63) is 12.2 Å². The fourth-order valence-electron chi connectivity index (χ4n) is 2.32. The summed E-state index contributed by atoms with van der Waals surface area (Å²) in [7, 11) is 0. The van der Waals surface area contributed by atoms with E-state index in [1.165, 1.54) is 89.9 Å². The fourth-order valence-corrected chi connectivity index (χ4v) is 2.32. The van der Waals surface area contributed by atoms with Crippen molar-refractivity contribution < 1.29 is 16.5 Å². The van der Waals surface area contributed by atoms with Crippen molar-refractivity contribution in [1.29, 1.82) is 0 Å². The Balaban J connectivity index is 0. The van der Waals surface area contributed by atoms with E-state index in [-0.39, 0.29) is 16.5 Å². The summed E-state index contributed by atoms with van der Waals surface area (Å²) in [6.45, 7) is 4.57. The largest absolute Gasteiger partial charge is 0.0885 e. The normalized spacial score (nSPS) is 10.8. The Morgan fingerprint density at radius 2 is 0.789 bits per heavy atom. The number of hydrogen-bond donors (Lipinski definition) is 0. The van der Waals surface area contributed by atoms with Crippen LogP contribution in [0.25, 0.3) is 0 Å². The third-order valence-electron chi connectivity index (χ3n) is 3.62. The van der Waals surface area contributed by atoms with E-state index in [9.17, 15) is 0 Å². The van der Waals surface area contributed by atoms with Gasteiger partial charge in [-0.1, -0.05) is 90.2 Å². The first kappa shape index (κ1) is 21.5. The predicted molar refractivity (Wildman–Crippen MR) is 85.1 cm³/mol. The van der Waals surface area contributed by atoms with Crippen LogP contribution in [0, 0.1) is 0 Å². The van der Waals surface area contributed by atoms with Crippen molar-refractivity contribution in [3.63, 3.8) is 0 Å². The average Bonchev–Trinajstić information content (AvgIpc) is 2.39. The van der Waals surface area contributed by atoms with Gasteiger partial charge in [-0.15, -0.1) is 0 Å². The summed E-state index contributed by atoms with van der Waals surface area (Å²) in [6, 6.07) is 0. The molecular weight excluding hydrogens is 275 g/mol. The molecule has 0 aromatic heterocycles. The number of unbranched alkanes of at least 4 members (excludes halogenated alkanes) is 12. The molecule has 1 heteroatoms. The van der Waals surface area contributed by atoms with Crippen molar-refractivity contribution >= 4 is 0 Å². The molecule has 0 aromatic rings. The SMILES string of the molecule is CCCCCCCC/C=C\CCCCCCCC.[Ni]. The van der Waals surface area contributed by atoms with Gasteiger partial charge in [0.05, 0.1) is 0 Å². The standard InChI is InChI=1S/C18H36.Ni/c1-3-5-7-9-11-13-15-17-18-16-14-12-10-8-6-4-2;/h17-18H,3-16H2,1-2H3;/b18-17-;. The van der Waals surface area contributed by atoms with Crippen LogP contribution in [-0.2, 0) is 16.5 Å². The summed E-state index contributed by atoms with van der Waals surface area (Å²) in [5.74, 6) is 0. The minimum atomic E-state index is 0. The molecule has 118 valence electrons. The van der Waals surface area contributed by atoms with Gasteiger partial charge < -0.3 is 0 Å². The number of allylic oxidation sites excluding steroid dienone is 2. The van der Waals surface area contributed by atoms with Crippen LogP contribution in [0.4, 0.5) is 0 Å². The summed E-state index contributed by atoms with van der Waals surface area (Å²) in [5.41, 5.74) is 0. The predicted octanol–water partition coefficient (Wildman–Crippen LogP) is 7.04. The van der Waals surface area contributed by atoms with Crippen LogP contribution in [0.5, 0.6) is 0 Å². The molecule has 0 nitrogen and oxygen atoms in total. The molecule has 0 radical (unpaired) electrons. The quantitative estimate of drug-likeness (QED) is 0.183. The van der Waals surface area contributed by atoms with Gasteiger partial charge in [-0.05, 0) is 25.7 Å². The second-order valence-electron chi connectivity index (χ2n) is 5.58. The molecule has 0 amide bonds. The molecule has 0 aliphatic heterocycles. The van der Waals surface area contributed by atoms with Crippen molar-refractivity contribution in [2.24, 2.45) is 0 Å². The van der Waals surface area contributed by atoms with Gasteiger partial charge in [-0.3, -0.25) is 0 Å². The van der Waals surface area contributed by atoms with Crippen LogP contribution in [0.1, 0.15) is 104 Å². The van der Waals surface area contributed by atoms with Crippen molar-refractivity contribution in [3.8, 4) is 0 Å². The Hall–Kier alpha value is 0.234. The van der Waals surface area contributed by atoms with Gasteiger partial charge >= 0.3 is 0 Å². The molecule has 0 unspecified atom stereocenters. The maximum Gasteiger partial charge on any atom is 0 e. The van der Waals surface area contributed by atoms with Gasteiger partial charge in [0.15, 0.2) is 0 Å². The van der Waals surface area contributed by atoms with Crippen LogP contribution in [0.15, 0.2) is 12.2 Å². The third kappa shape index (κ3) is 20.7. The molecule has 0 saturated heterocycles. The van der Waals surface area contributed by atoms with E-state index < -0.39 is 0 Å². The Morgan fingerprint density at radius 1 is 0.474 bits per heavy atom. The Labute approximate surface area is 132 Å². The zero-order valence-corrected chi connectivity index (χ0v) is 14.4. The van der Waals surface area contributed by atoms with Gasteiger partial charge in [-0.2, -0.15) is 0 Å². The van der Waals surface area contributed by atoms with E-state index in [1.54, 1.807) is 0 Å². The first-order valence-corrected chi connectivity index (χ1v) is 8.56. The zero-order valence-electron chi connectivity index (χ0n) is 13.4. The first-order chi connectivity index (χ1) is 8.91. The van der Waals surface area contributed by atoms with E-state index in [0.717, 1.165) is 0 Å². The average molecular weight is 311 g/mol. The van der Waals surface area contributed by atoms with Gasteiger partial charge in [0.25, 0.3) is 0 Å². The minimum Gasteiger partial charge on any atom is -0.0885 e. The van der Waals surface area contributed by atoms with E-state index in [1.807, 2.05) is 0 Å². The molecule has 19 heavy (non-hydrogen) atoms. The molecule has 0 aliphatic rings. The smallest absolute Gasteiger partial charge is 0 e. The summed E-state index contributed by atoms with van der Waals surface area (Å²) in [4.78, 5) is 0. The second-order valence-corrected chi connectivity index (χ2v) is 5.58. The molecule has 0 aliphatic carbocycles. The zero-order chi connectivity index (χ0) is 13.3. The minimum absolute atomic E-state index is 0. The Kier molecular flexibility index (Phi) is 23.3. The molecule has 0 atom stereocenters. The van der Waals surface area contributed by atoms with Gasteiger partial charge in [0, 0.05) is 16.5 Å². The number of rotatable bonds is 14. The molecule has 0 aromatic carbocycles. The molecule has 0 heterocycles. The summed E-state index contributed by atoms with van der Waals surface area (Å²) >= 11 is 0. The molecule has 0 saturated carbocycles. The third-order valence-corrected chi connectivity index (χ3v) is 3.62. The fraction of sp³-hybridized carbons (Fsp3) is 0.889. The van der Waals surface area contributed by atoms with Crippen LogP contribution < -0.4 is 0 Å². The van der Waals surface area contributed by atoms with Gasteiger partial charge in [0.1, 0.15) is 0 Å². The van der Waals surface area contributed by atoms with Gasteiger partial charge in [-0.25, -0.2) is 0 Å². The van der Waals surface area contributed by atoms with Crippen LogP contribution >= 0.6 is 0 Å². The molecule has 0 bridgehead atoms. The maximum atomic E-state index is 2.41.